The van der Waals surface area contributed by atoms with E-state index in [2.05, 4.69) is 9.97 Å². The van der Waals surface area contributed by atoms with Crippen LogP contribution in [0.4, 0.5) is 5.82 Å². The van der Waals surface area contributed by atoms with Gasteiger partial charge < -0.3 is 10.6 Å². The van der Waals surface area contributed by atoms with Gasteiger partial charge in [0.05, 0.1) is 6.67 Å². The molecule has 0 amide bonds. The van der Waals surface area contributed by atoms with Crippen LogP contribution in [0.15, 0.2) is 18.6 Å². The maximum atomic E-state index is 5.37. The average molecular weight is 168 g/mol. The predicted octanol–water partition coefficient (Wildman–Crippen LogP) is 0.855. The van der Waals surface area contributed by atoms with Crippen LogP contribution in [0.25, 0.3) is 0 Å². The third-order valence-corrected chi connectivity index (χ3v) is 1.23. The number of rotatable bonds is 2. The van der Waals surface area contributed by atoms with Crippen molar-refractivity contribution in [2.45, 2.75) is 13.8 Å². The number of hydrogen-bond acceptors (Lipinski definition) is 4. The maximum Gasteiger partial charge on any atom is 0.132 e. The summed E-state index contributed by atoms with van der Waals surface area (Å²) in [6.07, 6.45) is 3.19. The molecular formula is C8H16N4. The van der Waals surface area contributed by atoms with Crippen LogP contribution in [0.2, 0.25) is 0 Å². The predicted molar refractivity (Wildman–Crippen MR) is 50.8 cm³/mol. The molecule has 0 radical (unpaired) electrons. The zero-order valence-electron chi connectivity index (χ0n) is 7.86. The third kappa shape index (κ3) is 3.30. The largest absolute Gasteiger partial charge is 0.347 e. The van der Waals surface area contributed by atoms with Gasteiger partial charge in [0, 0.05) is 13.2 Å². The molecule has 0 aliphatic rings. The molecule has 0 fully saturated rings. The summed E-state index contributed by atoms with van der Waals surface area (Å²) in [4.78, 5) is 9.60. The van der Waals surface area contributed by atoms with Gasteiger partial charge >= 0.3 is 0 Å². The first-order chi connectivity index (χ1) is 5.84. The van der Waals surface area contributed by atoms with Crippen molar-refractivity contribution >= 4 is 5.82 Å². The summed E-state index contributed by atoms with van der Waals surface area (Å²) in [6, 6.07) is 1.81. The molecule has 12 heavy (non-hydrogen) atoms. The lowest BCUT2D eigenvalue weighted by molar-refractivity contribution is 0.901. The summed E-state index contributed by atoms with van der Waals surface area (Å²) < 4.78 is 0. The molecule has 0 aliphatic carbocycles. The lowest BCUT2D eigenvalue weighted by Crippen LogP contribution is -2.25. The normalized spacial score (nSPS) is 8.33. The van der Waals surface area contributed by atoms with Gasteiger partial charge in [0.15, 0.2) is 0 Å². The minimum atomic E-state index is 0.469. The second-order valence-electron chi connectivity index (χ2n) is 1.95. The van der Waals surface area contributed by atoms with E-state index in [1.807, 2.05) is 31.9 Å². The maximum absolute atomic E-state index is 5.37. The Kier molecular flexibility index (Phi) is 5.91. The fourth-order valence-corrected chi connectivity index (χ4v) is 0.603. The molecule has 2 N–H and O–H groups in total. The standard InChI is InChI=1S/C6H10N4.C2H6/c1-10(4-7)6-2-3-8-5-9-6;1-2/h2-3,5H,4,7H2,1H3;1-2H3. The average Bonchev–Trinajstić information content (AvgIpc) is 2.21. The minimum Gasteiger partial charge on any atom is -0.347 e. The van der Waals surface area contributed by atoms with Gasteiger partial charge in [-0.15, -0.1) is 0 Å². The molecule has 0 aliphatic heterocycles. The van der Waals surface area contributed by atoms with Crippen LogP contribution in [0.3, 0.4) is 0 Å². The SMILES string of the molecule is CC.CN(CN)c1ccncn1. The van der Waals surface area contributed by atoms with Crippen LogP contribution in [-0.2, 0) is 0 Å². The number of anilines is 1. The van der Waals surface area contributed by atoms with E-state index in [-0.39, 0.29) is 0 Å². The molecule has 1 aromatic rings. The zero-order valence-corrected chi connectivity index (χ0v) is 7.86. The Balaban J connectivity index is 0.000000561. The second kappa shape index (κ2) is 6.54. The quantitative estimate of drug-likeness (QED) is 0.665. The highest BCUT2D eigenvalue weighted by atomic mass is 15.2. The summed E-state index contributed by atoms with van der Waals surface area (Å²) in [6.45, 7) is 4.47. The lowest BCUT2D eigenvalue weighted by atomic mass is 10.5. The van der Waals surface area contributed by atoms with Crippen molar-refractivity contribution in [3.8, 4) is 0 Å². The van der Waals surface area contributed by atoms with Crippen molar-refractivity contribution in [1.82, 2.24) is 9.97 Å². The lowest BCUT2D eigenvalue weighted by Gasteiger charge is -2.13. The summed E-state index contributed by atoms with van der Waals surface area (Å²) >= 11 is 0. The molecule has 0 unspecified atom stereocenters. The molecule has 0 saturated heterocycles. The van der Waals surface area contributed by atoms with Gasteiger partial charge in [-0.1, -0.05) is 13.8 Å². The Morgan fingerprint density at radius 2 is 2.17 bits per heavy atom. The molecular weight excluding hydrogens is 152 g/mol. The molecule has 0 atom stereocenters. The fraction of sp³-hybridized carbons (Fsp3) is 0.500. The molecule has 68 valence electrons. The molecule has 1 heterocycles. The zero-order chi connectivity index (χ0) is 9.40. The Hall–Kier alpha value is -1.16. The third-order valence-electron chi connectivity index (χ3n) is 1.23. The topological polar surface area (TPSA) is 55.0 Å². The summed E-state index contributed by atoms with van der Waals surface area (Å²) in [5.41, 5.74) is 5.37. The Labute approximate surface area is 73.4 Å². The first-order valence-corrected chi connectivity index (χ1v) is 4.02. The van der Waals surface area contributed by atoms with Crippen LogP contribution in [0.5, 0.6) is 0 Å². The van der Waals surface area contributed by atoms with E-state index < -0.39 is 0 Å². The van der Waals surface area contributed by atoms with Crippen molar-refractivity contribution in [3.05, 3.63) is 18.6 Å². The number of nitrogens with zero attached hydrogens (tertiary/aromatic N) is 3. The molecule has 0 aromatic carbocycles. The summed E-state index contributed by atoms with van der Waals surface area (Å²) in [5, 5.41) is 0. The van der Waals surface area contributed by atoms with Gasteiger partial charge in [-0.3, -0.25) is 0 Å². The highest BCUT2D eigenvalue weighted by Gasteiger charge is 1.95. The first kappa shape index (κ1) is 10.8. The van der Waals surface area contributed by atoms with Crippen molar-refractivity contribution in [3.63, 3.8) is 0 Å². The Morgan fingerprint density at radius 3 is 2.58 bits per heavy atom. The van der Waals surface area contributed by atoms with Crippen LogP contribution >= 0.6 is 0 Å². The second-order valence-corrected chi connectivity index (χ2v) is 1.95. The van der Waals surface area contributed by atoms with Crippen molar-refractivity contribution in [2.75, 3.05) is 18.6 Å². The van der Waals surface area contributed by atoms with E-state index in [9.17, 15) is 0 Å². The van der Waals surface area contributed by atoms with Gasteiger partial charge in [-0.05, 0) is 6.07 Å². The number of aromatic nitrogens is 2. The van der Waals surface area contributed by atoms with Crippen LogP contribution in [0, 0.1) is 0 Å². The van der Waals surface area contributed by atoms with Crippen molar-refractivity contribution in [2.24, 2.45) is 5.73 Å². The van der Waals surface area contributed by atoms with Crippen LogP contribution in [-0.4, -0.2) is 23.7 Å². The van der Waals surface area contributed by atoms with Crippen LogP contribution in [0.1, 0.15) is 13.8 Å². The van der Waals surface area contributed by atoms with Gasteiger partial charge in [0.25, 0.3) is 0 Å². The fourth-order valence-electron chi connectivity index (χ4n) is 0.603. The Bertz CT molecular complexity index is 188. The van der Waals surface area contributed by atoms with Crippen LogP contribution < -0.4 is 10.6 Å². The number of hydrogen-bond donors (Lipinski definition) is 1. The molecule has 4 nitrogen and oxygen atoms in total. The van der Waals surface area contributed by atoms with Crippen molar-refractivity contribution in [1.29, 1.82) is 0 Å². The molecule has 1 rings (SSSR count). The van der Waals surface area contributed by atoms with E-state index in [0.717, 1.165) is 5.82 Å². The molecule has 1 aromatic heterocycles. The van der Waals surface area contributed by atoms with E-state index in [1.54, 1.807) is 6.20 Å². The molecule has 4 heteroatoms. The van der Waals surface area contributed by atoms with E-state index in [1.165, 1.54) is 6.33 Å². The number of nitrogens with two attached hydrogens (primary N) is 1. The van der Waals surface area contributed by atoms with E-state index >= 15 is 0 Å². The van der Waals surface area contributed by atoms with Gasteiger partial charge in [-0.2, -0.15) is 0 Å². The summed E-state index contributed by atoms with van der Waals surface area (Å²) in [7, 11) is 1.88. The summed E-state index contributed by atoms with van der Waals surface area (Å²) in [5.74, 6) is 0.845. The molecule has 0 spiro atoms. The molecule has 0 bridgehead atoms. The highest BCUT2D eigenvalue weighted by molar-refractivity contribution is 5.34. The van der Waals surface area contributed by atoms with Gasteiger partial charge in [-0.25, -0.2) is 9.97 Å². The first-order valence-electron chi connectivity index (χ1n) is 4.02. The van der Waals surface area contributed by atoms with Gasteiger partial charge in [0.2, 0.25) is 0 Å². The molecule has 0 saturated carbocycles. The van der Waals surface area contributed by atoms with Crippen molar-refractivity contribution < 1.29 is 0 Å². The Morgan fingerprint density at radius 1 is 1.50 bits per heavy atom. The van der Waals surface area contributed by atoms with E-state index in [4.69, 9.17) is 5.73 Å². The monoisotopic (exact) mass is 168 g/mol. The van der Waals surface area contributed by atoms with Gasteiger partial charge in [0.1, 0.15) is 12.1 Å². The van der Waals surface area contributed by atoms with E-state index in [0.29, 0.717) is 6.67 Å². The highest BCUT2D eigenvalue weighted by Crippen LogP contribution is 2.01. The minimum absolute atomic E-state index is 0.469. The smallest absolute Gasteiger partial charge is 0.132 e.